The van der Waals surface area contributed by atoms with E-state index in [0.717, 1.165) is 0 Å². The van der Waals surface area contributed by atoms with Gasteiger partial charge in [-0.2, -0.15) is 0 Å². The van der Waals surface area contributed by atoms with E-state index in [1.807, 2.05) is 0 Å². The number of benzene rings is 3. The molecular weight excluding hydrogens is 617 g/mol. The van der Waals surface area contributed by atoms with Crippen LogP contribution in [0.15, 0.2) is 77.5 Å². The molecule has 0 saturated carbocycles. The molecule has 0 heterocycles. The summed E-state index contributed by atoms with van der Waals surface area (Å²) in [6.07, 6.45) is 4.90. The molecule has 272 valence electrons. The highest BCUT2D eigenvalue weighted by atomic mass is 28.3. The molecule has 1 unspecified atom stereocenters. The van der Waals surface area contributed by atoms with E-state index >= 15 is 0 Å². The monoisotopic (exact) mass is 689 g/mol. The molecule has 3 aromatic carbocycles. The number of rotatable bonds is 4. The fraction of sp³-hybridized carbons (Fsp3) is 0.551. The van der Waals surface area contributed by atoms with Crippen molar-refractivity contribution in [3.63, 3.8) is 0 Å². The largest absolute Gasteiger partial charge is 0.176 e. The van der Waals surface area contributed by atoms with Gasteiger partial charge in [-0.1, -0.05) is 209 Å². The van der Waals surface area contributed by atoms with E-state index in [1.54, 1.807) is 5.20 Å². The first kappa shape index (κ1) is 40.1. The van der Waals surface area contributed by atoms with Gasteiger partial charge in [0.05, 0.1) is 0 Å². The van der Waals surface area contributed by atoms with Crippen molar-refractivity contribution in [2.24, 2.45) is 5.92 Å². The molecule has 0 aliphatic heterocycles. The summed E-state index contributed by atoms with van der Waals surface area (Å²) in [7, 11) is -2.96. The molecule has 1 atom stereocenters. The minimum absolute atomic E-state index is 0.00672. The predicted octanol–water partition coefficient (Wildman–Crippen LogP) is 12.0. The molecule has 0 aromatic heterocycles. The Morgan fingerprint density at radius 1 is 0.380 bits per heavy atom. The summed E-state index contributed by atoms with van der Waals surface area (Å²) >= 11 is 0. The van der Waals surface area contributed by atoms with Crippen LogP contribution < -0.4 is 15.6 Å². The average molecular weight is 689 g/mol. The topological polar surface area (TPSA) is 0 Å². The van der Waals surface area contributed by atoms with Crippen LogP contribution in [0.2, 0.25) is 0 Å². The summed E-state index contributed by atoms with van der Waals surface area (Å²) < 4.78 is 0. The van der Waals surface area contributed by atoms with Crippen LogP contribution in [0.1, 0.15) is 172 Å². The van der Waals surface area contributed by atoms with Crippen LogP contribution in [0.3, 0.4) is 0 Å². The van der Waals surface area contributed by atoms with Gasteiger partial charge in [-0.3, -0.25) is 0 Å². The molecular formula is C49H72Si. The van der Waals surface area contributed by atoms with E-state index in [0.29, 0.717) is 5.92 Å². The fourth-order valence-corrected chi connectivity index (χ4v) is 13.2. The summed E-state index contributed by atoms with van der Waals surface area (Å²) in [5.41, 5.74) is 10.1. The highest BCUT2D eigenvalue weighted by Gasteiger charge is 2.48. The Kier molecular flexibility index (Phi) is 10.3. The van der Waals surface area contributed by atoms with E-state index in [9.17, 15) is 0 Å². The normalized spacial score (nSPS) is 16.8. The molecule has 0 amide bonds. The van der Waals surface area contributed by atoms with Gasteiger partial charge in [-0.25, -0.2) is 0 Å². The molecule has 1 heteroatoms. The quantitative estimate of drug-likeness (QED) is 0.189. The van der Waals surface area contributed by atoms with Crippen molar-refractivity contribution >= 4 is 23.6 Å². The zero-order valence-electron chi connectivity index (χ0n) is 35.9. The van der Waals surface area contributed by atoms with Gasteiger partial charge in [0.2, 0.25) is 0 Å². The second-order valence-corrected chi connectivity index (χ2v) is 25.7. The number of hydrogen-bond acceptors (Lipinski definition) is 0. The van der Waals surface area contributed by atoms with Crippen LogP contribution in [0.5, 0.6) is 0 Å². The van der Waals surface area contributed by atoms with E-state index in [-0.39, 0.29) is 32.5 Å². The minimum atomic E-state index is -2.96. The van der Waals surface area contributed by atoms with Gasteiger partial charge >= 0.3 is 0 Å². The molecule has 0 N–H and O–H groups in total. The van der Waals surface area contributed by atoms with Gasteiger partial charge in [0.25, 0.3) is 0 Å². The average Bonchev–Trinajstić information content (AvgIpc) is 3.28. The fourth-order valence-electron chi connectivity index (χ4n) is 7.57. The number of hydrogen-bond donors (Lipinski definition) is 0. The van der Waals surface area contributed by atoms with E-state index in [4.69, 9.17) is 0 Å². The molecule has 4 rings (SSSR count). The summed E-state index contributed by atoms with van der Waals surface area (Å²) in [5, 5.41) is 6.21. The van der Waals surface area contributed by atoms with Crippen LogP contribution in [0.4, 0.5) is 0 Å². The van der Waals surface area contributed by atoms with Gasteiger partial charge < -0.3 is 0 Å². The van der Waals surface area contributed by atoms with Crippen molar-refractivity contribution < 1.29 is 0 Å². The van der Waals surface area contributed by atoms with Crippen LogP contribution in [0, 0.1) is 5.92 Å². The SMILES string of the molecule is CC1=C([Si](c2cc(C(C)(C)C)cc(C(C)(C)C)c2)(c2cc(C(C)(C)C)cc(C(C)(C)C)c2)c2cc(C(C)(C)C)cc(C(C)(C)C)c2)C(C)C=C1. The lowest BCUT2D eigenvalue weighted by molar-refractivity contribution is 0.569. The van der Waals surface area contributed by atoms with Crippen LogP contribution in [0.25, 0.3) is 0 Å². The second kappa shape index (κ2) is 12.8. The lowest BCUT2D eigenvalue weighted by atomic mass is 9.80. The molecule has 0 spiro atoms. The third-order valence-corrected chi connectivity index (χ3v) is 16.3. The smallest absolute Gasteiger partial charge is 0.0777 e. The Hall–Kier alpha value is -2.64. The lowest BCUT2D eigenvalue weighted by Crippen LogP contribution is -2.70. The lowest BCUT2D eigenvalue weighted by Gasteiger charge is -2.42. The zero-order chi connectivity index (χ0) is 38.2. The summed E-state index contributed by atoms with van der Waals surface area (Å²) in [5.74, 6) is 0.339. The van der Waals surface area contributed by atoms with Crippen LogP contribution in [-0.2, 0) is 32.5 Å². The molecule has 0 nitrogen and oxygen atoms in total. The Morgan fingerprint density at radius 2 is 0.600 bits per heavy atom. The molecule has 1 aliphatic rings. The first-order valence-electron chi connectivity index (χ1n) is 19.3. The standard InChI is InChI=1S/C49H72Si/c1-32-21-22-33(2)43(32)50(40-26-34(44(3,4)5)23-35(27-40)45(6,7)8,41-28-36(46(9,10)11)24-37(29-41)47(12,13)14)42-30-38(48(15,16)17)25-39(31-42)49(18,19)20/h21-32H,1-20H3. The van der Waals surface area contributed by atoms with Gasteiger partial charge in [-0.15, -0.1) is 0 Å². The first-order chi connectivity index (χ1) is 22.4. The van der Waals surface area contributed by atoms with Crippen molar-refractivity contribution in [1.29, 1.82) is 0 Å². The predicted molar refractivity (Wildman–Crippen MR) is 227 cm³/mol. The Bertz CT molecular complexity index is 1520. The van der Waals surface area contributed by atoms with E-state index < -0.39 is 8.07 Å². The molecule has 0 bridgehead atoms. The summed E-state index contributed by atoms with van der Waals surface area (Å²) in [6, 6.07) is 23.4. The highest BCUT2D eigenvalue weighted by molar-refractivity contribution is 7.16. The summed E-state index contributed by atoms with van der Waals surface area (Å²) in [4.78, 5) is 0. The molecule has 3 aromatic rings. The maximum absolute atomic E-state index is 2.96. The van der Waals surface area contributed by atoms with Gasteiger partial charge in [0.15, 0.2) is 8.07 Å². The van der Waals surface area contributed by atoms with Gasteiger partial charge in [0, 0.05) is 0 Å². The van der Waals surface area contributed by atoms with Crippen molar-refractivity contribution in [2.45, 2.75) is 171 Å². The highest BCUT2D eigenvalue weighted by Crippen LogP contribution is 2.39. The van der Waals surface area contributed by atoms with Crippen molar-refractivity contribution in [3.8, 4) is 0 Å². The molecule has 0 radical (unpaired) electrons. The Labute approximate surface area is 310 Å². The number of allylic oxidation sites excluding steroid dienone is 4. The van der Waals surface area contributed by atoms with E-state index in [2.05, 4.69) is 205 Å². The molecule has 0 fully saturated rings. The van der Waals surface area contributed by atoms with Crippen molar-refractivity contribution in [2.75, 3.05) is 0 Å². The molecule has 50 heavy (non-hydrogen) atoms. The summed E-state index contributed by atoms with van der Waals surface area (Å²) in [6.45, 7) is 47.9. The van der Waals surface area contributed by atoms with Gasteiger partial charge in [-0.05, 0) is 94.3 Å². The molecule has 1 aliphatic carbocycles. The molecule has 0 saturated heterocycles. The van der Waals surface area contributed by atoms with Crippen LogP contribution >= 0.6 is 0 Å². The second-order valence-electron chi connectivity index (χ2n) is 21.9. The van der Waals surface area contributed by atoms with Crippen LogP contribution in [-0.4, -0.2) is 8.07 Å². The third kappa shape index (κ3) is 7.89. The Morgan fingerprint density at radius 3 is 0.760 bits per heavy atom. The maximum Gasteiger partial charge on any atom is 0.176 e. The zero-order valence-corrected chi connectivity index (χ0v) is 36.9. The first-order valence-corrected chi connectivity index (χ1v) is 21.3. The Balaban J connectivity index is 2.48. The van der Waals surface area contributed by atoms with E-state index in [1.165, 1.54) is 54.5 Å². The minimum Gasteiger partial charge on any atom is -0.0777 e. The van der Waals surface area contributed by atoms with Crippen molar-refractivity contribution in [3.05, 3.63) is 111 Å². The van der Waals surface area contributed by atoms with Gasteiger partial charge in [0.1, 0.15) is 0 Å². The third-order valence-electron chi connectivity index (χ3n) is 11.2. The maximum atomic E-state index is 2.65. The van der Waals surface area contributed by atoms with Crippen molar-refractivity contribution in [1.82, 2.24) is 0 Å².